The molecule has 0 atom stereocenters. The highest BCUT2D eigenvalue weighted by atomic mass is 32.2. The third-order valence-electron chi connectivity index (χ3n) is 2.55. The molecule has 1 aliphatic rings. The Balaban J connectivity index is 2.30. The van der Waals surface area contributed by atoms with Crippen molar-refractivity contribution in [2.24, 2.45) is 4.99 Å². The van der Waals surface area contributed by atoms with E-state index in [2.05, 4.69) is 4.99 Å². The van der Waals surface area contributed by atoms with Crippen LogP contribution in [0.2, 0.25) is 0 Å². The van der Waals surface area contributed by atoms with Gasteiger partial charge >= 0.3 is 0 Å². The molecular weight excluding hydrogens is 248 g/mol. The van der Waals surface area contributed by atoms with Gasteiger partial charge in [-0.3, -0.25) is 9.69 Å². The molecule has 0 aromatic heterocycles. The van der Waals surface area contributed by atoms with Crippen molar-refractivity contribution in [3.63, 3.8) is 0 Å². The second-order valence-electron chi connectivity index (χ2n) is 3.72. The van der Waals surface area contributed by atoms with Gasteiger partial charge in [-0.05, 0) is 26.0 Å². The highest BCUT2D eigenvalue weighted by Crippen LogP contribution is 2.30. The number of carbonyl (C=O) groups is 1. The lowest BCUT2D eigenvalue weighted by Gasteiger charge is -2.13. The van der Waals surface area contributed by atoms with E-state index in [1.165, 1.54) is 11.8 Å². The highest BCUT2D eigenvalue weighted by Gasteiger charge is 2.26. The molecule has 0 bridgehead atoms. The molecule has 1 aromatic carbocycles. The van der Waals surface area contributed by atoms with Crippen LogP contribution < -0.4 is 4.74 Å². The second-order valence-corrected chi connectivity index (χ2v) is 4.66. The molecule has 1 amide bonds. The van der Waals surface area contributed by atoms with Gasteiger partial charge < -0.3 is 4.74 Å². The summed E-state index contributed by atoms with van der Waals surface area (Å²) in [5, 5.41) is 0.759. The van der Waals surface area contributed by atoms with Crippen molar-refractivity contribution in [3.8, 4) is 5.75 Å². The van der Waals surface area contributed by atoms with Gasteiger partial charge in [-0.25, -0.2) is 4.99 Å². The van der Waals surface area contributed by atoms with E-state index in [0.717, 1.165) is 16.6 Å². The molecule has 0 spiro atoms. The van der Waals surface area contributed by atoms with Crippen LogP contribution in [0.25, 0.3) is 0 Å². The van der Waals surface area contributed by atoms with E-state index in [0.29, 0.717) is 18.9 Å². The Kier molecular flexibility index (Phi) is 4.25. The molecule has 0 radical (unpaired) electrons. The fourth-order valence-corrected chi connectivity index (χ4v) is 2.68. The number of thioether (sulfide) groups is 1. The first-order valence-electron chi connectivity index (χ1n) is 6.00. The van der Waals surface area contributed by atoms with Gasteiger partial charge in [0, 0.05) is 6.54 Å². The maximum absolute atomic E-state index is 11.6. The summed E-state index contributed by atoms with van der Waals surface area (Å²) < 4.78 is 5.52. The molecule has 96 valence electrons. The number of nitrogens with zero attached hydrogens (tertiary/aromatic N) is 2. The van der Waals surface area contributed by atoms with Gasteiger partial charge in [0.15, 0.2) is 5.17 Å². The minimum Gasteiger partial charge on any atom is -0.492 e. The summed E-state index contributed by atoms with van der Waals surface area (Å²) in [6.45, 7) is 5.15. The summed E-state index contributed by atoms with van der Waals surface area (Å²) >= 11 is 1.48. The van der Waals surface area contributed by atoms with E-state index in [9.17, 15) is 4.79 Å². The SMILES string of the molecule is CCOc1ccccc1N=C1SCC(=O)N1CC. The van der Waals surface area contributed by atoms with Crippen LogP contribution in [-0.4, -0.2) is 34.9 Å². The van der Waals surface area contributed by atoms with Gasteiger partial charge in [0.25, 0.3) is 0 Å². The molecule has 0 saturated carbocycles. The van der Waals surface area contributed by atoms with E-state index in [1.807, 2.05) is 38.1 Å². The van der Waals surface area contributed by atoms with Crippen LogP contribution in [0.1, 0.15) is 13.8 Å². The quantitative estimate of drug-likeness (QED) is 0.839. The fraction of sp³-hybridized carbons (Fsp3) is 0.385. The van der Waals surface area contributed by atoms with E-state index in [1.54, 1.807) is 4.90 Å². The third-order valence-corrected chi connectivity index (χ3v) is 3.52. The third kappa shape index (κ3) is 2.67. The van der Waals surface area contributed by atoms with Gasteiger partial charge in [0.1, 0.15) is 11.4 Å². The van der Waals surface area contributed by atoms with Gasteiger partial charge in [-0.2, -0.15) is 0 Å². The number of aliphatic imine (C=N–C) groups is 1. The normalized spacial score (nSPS) is 17.6. The molecule has 5 heteroatoms. The Bertz CT molecular complexity index is 474. The molecule has 1 aromatic rings. The zero-order valence-electron chi connectivity index (χ0n) is 10.5. The maximum atomic E-state index is 11.6. The molecule has 0 aliphatic carbocycles. The Morgan fingerprint density at radius 2 is 2.17 bits per heavy atom. The Labute approximate surface area is 111 Å². The molecule has 0 N–H and O–H groups in total. The monoisotopic (exact) mass is 264 g/mol. The van der Waals surface area contributed by atoms with Crippen LogP contribution in [0.5, 0.6) is 5.75 Å². The molecule has 1 saturated heterocycles. The minimum atomic E-state index is 0.121. The predicted octanol–water partition coefficient (Wildman–Crippen LogP) is 2.67. The van der Waals surface area contributed by atoms with Crippen molar-refractivity contribution in [2.75, 3.05) is 18.9 Å². The summed E-state index contributed by atoms with van der Waals surface area (Å²) in [6.07, 6.45) is 0. The van der Waals surface area contributed by atoms with Crippen molar-refractivity contribution in [1.82, 2.24) is 4.90 Å². The maximum Gasteiger partial charge on any atom is 0.239 e. The smallest absolute Gasteiger partial charge is 0.239 e. The zero-order valence-corrected chi connectivity index (χ0v) is 11.4. The van der Waals surface area contributed by atoms with Gasteiger partial charge in [0.2, 0.25) is 5.91 Å². The Morgan fingerprint density at radius 3 is 2.89 bits per heavy atom. The number of rotatable bonds is 4. The lowest BCUT2D eigenvalue weighted by molar-refractivity contribution is -0.123. The lowest BCUT2D eigenvalue weighted by atomic mass is 10.3. The number of hydrogen-bond acceptors (Lipinski definition) is 4. The largest absolute Gasteiger partial charge is 0.492 e. The topological polar surface area (TPSA) is 41.9 Å². The van der Waals surface area contributed by atoms with Crippen molar-refractivity contribution in [3.05, 3.63) is 24.3 Å². The average molecular weight is 264 g/mol. The first-order chi connectivity index (χ1) is 8.76. The number of amidine groups is 1. The first-order valence-corrected chi connectivity index (χ1v) is 6.98. The minimum absolute atomic E-state index is 0.121. The highest BCUT2D eigenvalue weighted by molar-refractivity contribution is 8.15. The number of carbonyl (C=O) groups excluding carboxylic acids is 1. The Hall–Kier alpha value is -1.49. The van der Waals surface area contributed by atoms with Crippen LogP contribution in [0.3, 0.4) is 0 Å². The number of para-hydroxylation sites is 2. The summed E-state index contributed by atoms with van der Waals surface area (Å²) in [4.78, 5) is 17.9. The van der Waals surface area contributed by atoms with Crippen LogP contribution in [0.4, 0.5) is 5.69 Å². The van der Waals surface area contributed by atoms with Crippen molar-refractivity contribution >= 4 is 28.5 Å². The zero-order chi connectivity index (χ0) is 13.0. The molecule has 4 nitrogen and oxygen atoms in total. The van der Waals surface area contributed by atoms with Crippen LogP contribution in [-0.2, 0) is 4.79 Å². The summed E-state index contributed by atoms with van der Waals surface area (Å²) in [7, 11) is 0. The number of hydrogen-bond donors (Lipinski definition) is 0. The molecular formula is C13H16N2O2S. The van der Waals surface area contributed by atoms with Crippen LogP contribution in [0, 0.1) is 0 Å². The van der Waals surface area contributed by atoms with E-state index < -0.39 is 0 Å². The number of amides is 1. The summed E-state index contributed by atoms with van der Waals surface area (Å²) in [5.74, 6) is 1.35. The van der Waals surface area contributed by atoms with E-state index in [-0.39, 0.29) is 5.91 Å². The van der Waals surface area contributed by atoms with Crippen LogP contribution in [0.15, 0.2) is 29.3 Å². The lowest BCUT2D eigenvalue weighted by Crippen LogP contribution is -2.28. The molecule has 1 aliphatic heterocycles. The Morgan fingerprint density at radius 1 is 1.39 bits per heavy atom. The van der Waals surface area contributed by atoms with E-state index >= 15 is 0 Å². The average Bonchev–Trinajstić information content (AvgIpc) is 2.72. The van der Waals surface area contributed by atoms with Gasteiger partial charge in [-0.1, -0.05) is 23.9 Å². The standard InChI is InChI=1S/C13H16N2O2S/c1-3-15-12(16)9-18-13(15)14-10-7-5-6-8-11(10)17-4-2/h5-8H,3-4,9H2,1-2H3. The van der Waals surface area contributed by atoms with Gasteiger partial charge in [0.05, 0.1) is 12.4 Å². The molecule has 2 rings (SSSR count). The number of benzene rings is 1. The second kappa shape index (κ2) is 5.91. The first kappa shape index (κ1) is 13.0. The van der Waals surface area contributed by atoms with Crippen molar-refractivity contribution in [2.45, 2.75) is 13.8 Å². The number of ether oxygens (including phenoxy) is 1. The van der Waals surface area contributed by atoms with E-state index in [4.69, 9.17) is 4.74 Å². The van der Waals surface area contributed by atoms with Crippen molar-refractivity contribution in [1.29, 1.82) is 0 Å². The molecule has 18 heavy (non-hydrogen) atoms. The molecule has 1 fully saturated rings. The molecule has 0 unspecified atom stereocenters. The summed E-state index contributed by atoms with van der Waals surface area (Å²) in [5.41, 5.74) is 0.773. The molecule has 1 heterocycles. The fourth-order valence-electron chi connectivity index (χ4n) is 1.72. The van der Waals surface area contributed by atoms with Crippen LogP contribution >= 0.6 is 11.8 Å². The van der Waals surface area contributed by atoms with Crippen molar-refractivity contribution < 1.29 is 9.53 Å². The van der Waals surface area contributed by atoms with Gasteiger partial charge in [-0.15, -0.1) is 0 Å². The predicted molar refractivity (Wildman–Crippen MR) is 74.6 cm³/mol. The summed E-state index contributed by atoms with van der Waals surface area (Å²) in [6, 6.07) is 7.62.